The summed E-state index contributed by atoms with van der Waals surface area (Å²) in [5, 5.41) is 20.6. The third-order valence-corrected chi connectivity index (χ3v) is 6.52. The van der Waals surface area contributed by atoms with E-state index >= 15 is 0 Å². The topological polar surface area (TPSA) is 130 Å². The lowest BCUT2D eigenvalue weighted by molar-refractivity contribution is 0.600. The van der Waals surface area contributed by atoms with Gasteiger partial charge in [-0.25, -0.2) is 4.98 Å². The lowest BCUT2D eigenvalue weighted by Crippen LogP contribution is -2.27. The van der Waals surface area contributed by atoms with Crippen LogP contribution < -0.4 is 21.3 Å². The van der Waals surface area contributed by atoms with Gasteiger partial charge in [-0.1, -0.05) is 11.2 Å². The highest BCUT2D eigenvalue weighted by Gasteiger charge is 2.24. The molecule has 1 unspecified atom stereocenters. The van der Waals surface area contributed by atoms with Gasteiger partial charge in [0.05, 0.1) is 12.5 Å². The van der Waals surface area contributed by atoms with Crippen LogP contribution in [-0.4, -0.2) is 50.6 Å². The fourth-order valence-electron chi connectivity index (χ4n) is 4.11. The number of benzene rings is 1. The monoisotopic (exact) mass is 450 g/mol. The zero-order valence-electron chi connectivity index (χ0n) is 17.9. The maximum absolute atomic E-state index is 12.0. The lowest BCUT2D eigenvalue weighted by Gasteiger charge is -2.23. The number of aromatic nitrogens is 3. The fourth-order valence-corrected chi connectivity index (χ4v) is 4.77. The molecule has 3 aromatic rings. The molecule has 0 radical (unpaired) electrons. The number of rotatable bonds is 7. The first kappa shape index (κ1) is 20.9. The molecule has 1 saturated heterocycles. The molecule has 4 N–H and O–H groups in total. The molecule has 166 valence electrons. The van der Waals surface area contributed by atoms with Crippen LogP contribution in [0.5, 0.6) is 0 Å². The Morgan fingerprint density at radius 1 is 1.31 bits per heavy atom. The quantitative estimate of drug-likeness (QED) is 0.468. The Balaban J connectivity index is 1.48. The smallest absolute Gasteiger partial charge is 0.177 e. The van der Waals surface area contributed by atoms with Crippen molar-refractivity contribution in [3.05, 3.63) is 41.6 Å². The van der Waals surface area contributed by atoms with Crippen molar-refractivity contribution in [2.45, 2.75) is 37.1 Å². The molecule has 1 aliphatic heterocycles. The first-order valence-corrected chi connectivity index (χ1v) is 12.5. The van der Waals surface area contributed by atoms with Crippen LogP contribution in [0.25, 0.3) is 5.65 Å². The van der Waals surface area contributed by atoms with Crippen molar-refractivity contribution in [1.82, 2.24) is 14.6 Å². The maximum Gasteiger partial charge on any atom is 0.177 e. The molecule has 10 heteroatoms. The van der Waals surface area contributed by atoms with Gasteiger partial charge >= 0.3 is 0 Å². The summed E-state index contributed by atoms with van der Waals surface area (Å²) in [5.74, 6) is 1.90. The summed E-state index contributed by atoms with van der Waals surface area (Å²) < 4.78 is 13.7. The Kier molecular flexibility index (Phi) is 5.55. The molecule has 2 aliphatic rings. The normalized spacial score (nSPS) is 19.2. The molecule has 2 fully saturated rings. The summed E-state index contributed by atoms with van der Waals surface area (Å²) in [6, 6.07) is 10.8. The molecule has 5 rings (SSSR count). The third-order valence-electron chi connectivity index (χ3n) is 5.80. The van der Waals surface area contributed by atoms with Gasteiger partial charge in [0.1, 0.15) is 29.0 Å². The molecular weight excluding hydrogens is 424 g/mol. The Morgan fingerprint density at radius 3 is 2.84 bits per heavy atom. The number of fused-ring (bicyclic) bond motifs is 1. The second-order valence-corrected chi connectivity index (χ2v) is 9.97. The van der Waals surface area contributed by atoms with E-state index in [0.29, 0.717) is 28.8 Å². The van der Waals surface area contributed by atoms with Crippen molar-refractivity contribution in [1.29, 1.82) is 5.26 Å². The summed E-state index contributed by atoms with van der Waals surface area (Å²) in [5.41, 5.74) is 9.99. The molecular formula is C22H26N8OS. The first-order valence-electron chi connectivity index (χ1n) is 10.8. The van der Waals surface area contributed by atoms with E-state index in [1.807, 2.05) is 18.2 Å². The van der Waals surface area contributed by atoms with Gasteiger partial charge in [0, 0.05) is 48.2 Å². The molecule has 0 bridgehead atoms. The van der Waals surface area contributed by atoms with Gasteiger partial charge in [-0.2, -0.15) is 14.9 Å². The summed E-state index contributed by atoms with van der Waals surface area (Å²) in [6.07, 6.45) is 6.46. The average Bonchev–Trinajstić information content (AvgIpc) is 3.30. The highest BCUT2D eigenvalue weighted by Crippen LogP contribution is 2.31. The van der Waals surface area contributed by atoms with Crippen LogP contribution in [0.3, 0.4) is 0 Å². The van der Waals surface area contributed by atoms with Crippen molar-refractivity contribution in [2.24, 2.45) is 5.73 Å². The van der Waals surface area contributed by atoms with Crippen molar-refractivity contribution in [3.8, 4) is 6.07 Å². The predicted octanol–water partition coefficient (Wildman–Crippen LogP) is 2.33. The van der Waals surface area contributed by atoms with Gasteiger partial charge in [-0.05, 0) is 37.5 Å². The summed E-state index contributed by atoms with van der Waals surface area (Å²) in [6.45, 7) is 1.71. The van der Waals surface area contributed by atoms with E-state index in [1.54, 1.807) is 10.8 Å². The van der Waals surface area contributed by atoms with E-state index in [2.05, 4.69) is 37.8 Å². The van der Waals surface area contributed by atoms with Crippen LogP contribution in [0, 0.1) is 11.3 Å². The van der Waals surface area contributed by atoms with Gasteiger partial charge in [0.15, 0.2) is 5.65 Å². The summed E-state index contributed by atoms with van der Waals surface area (Å²) >= 11 is -0.970. The van der Waals surface area contributed by atoms with Crippen LogP contribution in [0.1, 0.15) is 30.4 Å². The number of nitrogens with zero attached hydrogens (tertiary/aromatic N) is 5. The Morgan fingerprint density at radius 2 is 2.16 bits per heavy atom. The SMILES string of the molecule is C[S@+]([O-])Cc1cc(Nc2cc(NC3CC3)n3ncc(C#N)c3n2)ccc1N1CCC(N)C1. The van der Waals surface area contributed by atoms with Crippen LogP contribution in [0.15, 0.2) is 30.5 Å². The molecule has 1 aliphatic carbocycles. The minimum atomic E-state index is -0.970. The van der Waals surface area contributed by atoms with Crippen LogP contribution in [-0.2, 0) is 16.9 Å². The molecule has 3 heterocycles. The molecule has 1 saturated carbocycles. The van der Waals surface area contributed by atoms with Gasteiger partial charge in [0.25, 0.3) is 0 Å². The summed E-state index contributed by atoms with van der Waals surface area (Å²) in [7, 11) is 0. The van der Waals surface area contributed by atoms with E-state index < -0.39 is 11.2 Å². The lowest BCUT2D eigenvalue weighted by atomic mass is 10.1. The van der Waals surface area contributed by atoms with Crippen molar-refractivity contribution in [2.75, 3.05) is 34.9 Å². The Hall–Kier alpha value is -3.00. The van der Waals surface area contributed by atoms with Crippen LogP contribution in [0.2, 0.25) is 0 Å². The van der Waals surface area contributed by atoms with Gasteiger partial charge in [-0.15, -0.1) is 0 Å². The molecule has 0 spiro atoms. The minimum Gasteiger partial charge on any atom is -0.616 e. The molecule has 2 atom stereocenters. The number of hydrogen-bond donors (Lipinski definition) is 3. The molecule has 1 aromatic carbocycles. The minimum absolute atomic E-state index is 0.172. The molecule has 2 aromatic heterocycles. The molecule has 32 heavy (non-hydrogen) atoms. The van der Waals surface area contributed by atoms with E-state index in [0.717, 1.165) is 55.1 Å². The predicted molar refractivity (Wildman–Crippen MR) is 127 cm³/mol. The van der Waals surface area contributed by atoms with Gasteiger partial charge in [0.2, 0.25) is 0 Å². The zero-order valence-corrected chi connectivity index (χ0v) is 18.7. The standard InChI is InChI=1S/C22H26N8OS/c1-32(31)13-14-8-18(4-5-19(14)29-7-6-16(24)12-29)26-20-9-21(27-17-2-3-17)30-22(28-20)15(10-23)11-25-30/h4-5,8-9,11,16-17,27H,2-3,6-7,12-13,24H2,1H3,(H,26,28)/t16?,32-/m0/s1. The largest absolute Gasteiger partial charge is 0.616 e. The van der Waals surface area contributed by atoms with Crippen molar-refractivity contribution in [3.63, 3.8) is 0 Å². The summed E-state index contributed by atoms with van der Waals surface area (Å²) in [4.78, 5) is 6.90. The van der Waals surface area contributed by atoms with Crippen LogP contribution in [0.4, 0.5) is 23.0 Å². The van der Waals surface area contributed by atoms with E-state index in [4.69, 9.17) is 5.73 Å². The van der Waals surface area contributed by atoms with Crippen molar-refractivity contribution >= 4 is 39.8 Å². The average molecular weight is 451 g/mol. The number of anilines is 4. The highest BCUT2D eigenvalue weighted by molar-refractivity contribution is 7.89. The maximum atomic E-state index is 12.0. The number of nitrogens with one attached hydrogen (secondary N) is 2. The first-order chi connectivity index (χ1) is 15.5. The van der Waals surface area contributed by atoms with Gasteiger partial charge < -0.3 is 25.8 Å². The van der Waals surface area contributed by atoms with E-state index in [1.165, 1.54) is 6.20 Å². The zero-order chi connectivity index (χ0) is 22.2. The molecule has 9 nitrogen and oxygen atoms in total. The van der Waals surface area contributed by atoms with Crippen molar-refractivity contribution < 1.29 is 4.55 Å². The van der Waals surface area contributed by atoms with E-state index in [-0.39, 0.29) is 6.04 Å². The highest BCUT2D eigenvalue weighted by atomic mass is 32.2. The van der Waals surface area contributed by atoms with Crippen LogP contribution >= 0.6 is 0 Å². The third kappa shape index (κ3) is 4.32. The van der Waals surface area contributed by atoms with E-state index in [9.17, 15) is 9.81 Å². The number of nitriles is 1. The second-order valence-electron chi connectivity index (χ2n) is 8.53. The second kappa shape index (κ2) is 8.50. The fraction of sp³-hybridized carbons (Fsp3) is 0.409. The van der Waals surface area contributed by atoms with Gasteiger partial charge in [-0.3, -0.25) is 0 Å². The molecule has 0 amide bonds. The number of hydrogen-bond acceptors (Lipinski definition) is 8. The number of nitrogens with two attached hydrogens (primary N) is 1. The Bertz CT molecular complexity index is 1180. The Labute approximate surface area is 189 Å².